The summed E-state index contributed by atoms with van der Waals surface area (Å²) in [5.74, 6) is 1.09. The minimum Gasteiger partial charge on any atom is -0.439 e. The van der Waals surface area contributed by atoms with E-state index in [0.29, 0.717) is 21.7 Å². The number of pyridine rings is 1. The van der Waals surface area contributed by atoms with Crippen LogP contribution in [0.25, 0.3) is 0 Å². The number of halogens is 2. The first kappa shape index (κ1) is 15.1. The van der Waals surface area contributed by atoms with Gasteiger partial charge in [-0.15, -0.1) is 0 Å². The lowest BCUT2D eigenvalue weighted by Crippen LogP contribution is -2.13. The van der Waals surface area contributed by atoms with Gasteiger partial charge in [-0.05, 0) is 36.7 Å². The van der Waals surface area contributed by atoms with Gasteiger partial charge < -0.3 is 10.1 Å². The maximum Gasteiger partial charge on any atom is 0.219 e. The Balaban J connectivity index is 1.99. The Kier molecular flexibility index (Phi) is 5.65. The molecular weight excluding hydrogens is 295 g/mol. The van der Waals surface area contributed by atoms with Gasteiger partial charge in [-0.3, -0.25) is 0 Å². The number of nitrogens with one attached hydrogen (secondary N) is 1. The van der Waals surface area contributed by atoms with Crippen LogP contribution in [0.3, 0.4) is 0 Å². The molecule has 1 heterocycles. The average molecular weight is 311 g/mol. The Morgan fingerprint density at radius 1 is 1.15 bits per heavy atom. The number of benzene rings is 1. The number of ether oxygens (including phenoxy) is 1. The van der Waals surface area contributed by atoms with E-state index in [2.05, 4.69) is 17.2 Å². The van der Waals surface area contributed by atoms with Crippen LogP contribution >= 0.6 is 23.2 Å². The summed E-state index contributed by atoms with van der Waals surface area (Å²) in [5.41, 5.74) is 1.12. The second-order valence-electron chi connectivity index (χ2n) is 4.39. The normalized spacial score (nSPS) is 10.6. The Hall–Kier alpha value is -1.29. The van der Waals surface area contributed by atoms with Crippen molar-refractivity contribution >= 4 is 23.2 Å². The smallest absolute Gasteiger partial charge is 0.219 e. The third-order valence-corrected chi connectivity index (χ3v) is 3.05. The molecule has 0 unspecified atom stereocenters. The molecule has 2 aromatic rings. The van der Waals surface area contributed by atoms with Crippen molar-refractivity contribution < 1.29 is 4.74 Å². The lowest BCUT2D eigenvalue weighted by atomic mass is 10.3. The van der Waals surface area contributed by atoms with Gasteiger partial charge in [0, 0.05) is 28.9 Å². The molecule has 106 valence electrons. The van der Waals surface area contributed by atoms with Crippen LogP contribution in [0, 0.1) is 0 Å². The van der Waals surface area contributed by atoms with Crippen molar-refractivity contribution in [1.82, 2.24) is 10.3 Å². The number of hydrogen-bond acceptors (Lipinski definition) is 3. The Bertz CT molecular complexity index is 538. The Morgan fingerprint density at radius 3 is 2.50 bits per heavy atom. The molecule has 2 rings (SSSR count). The van der Waals surface area contributed by atoms with Crippen molar-refractivity contribution in [2.75, 3.05) is 6.54 Å². The van der Waals surface area contributed by atoms with Gasteiger partial charge in [-0.25, -0.2) is 4.98 Å². The first-order valence-corrected chi connectivity index (χ1v) is 7.22. The van der Waals surface area contributed by atoms with E-state index in [1.807, 2.05) is 12.1 Å². The van der Waals surface area contributed by atoms with Crippen LogP contribution in [0.15, 0.2) is 36.5 Å². The zero-order valence-corrected chi connectivity index (χ0v) is 12.7. The molecular formula is C15H16Cl2N2O. The highest BCUT2D eigenvalue weighted by atomic mass is 35.5. The first-order chi connectivity index (χ1) is 9.67. The summed E-state index contributed by atoms with van der Waals surface area (Å²) in [6.45, 7) is 3.95. The molecule has 0 amide bonds. The third kappa shape index (κ3) is 4.67. The standard InChI is InChI=1S/C15H16Cl2N2O/c1-2-5-18-9-11-3-4-15(19-10-11)20-14-7-12(16)6-13(17)8-14/h3-4,6-8,10,18H,2,5,9H2,1H3. The van der Waals surface area contributed by atoms with E-state index in [9.17, 15) is 0 Å². The number of rotatable bonds is 6. The molecule has 1 aromatic heterocycles. The average Bonchev–Trinajstić information content (AvgIpc) is 2.40. The minimum atomic E-state index is 0.516. The summed E-state index contributed by atoms with van der Waals surface area (Å²) in [6, 6.07) is 8.87. The van der Waals surface area contributed by atoms with Crippen molar-refractivity contribution in [3.8, 4) is 11.6 Å². The second-order valence-corrected chi connectivity index (χ2v) is 5.26. The molecule has 0 aliphatic carbocycles. The molecule has 20 heavy (non-hydrogen) atoms. The monoisotopic (exact) mass is 310 g/mol. The van der Waals surface area contributed by atoms with Crippen LogP contribution in [0.5, 0.6) is 11.6 Å². The SMILES string of the molecule is CCCNCc1ccc(Oc2cc(Cl)cc(Cl)c2)nc1. The summed E-state index contributed by atoms with van der Waals surface area (Å²) in [4.78, 5) is 4.26. The molecule has 0 atom stereocenters. The van der Waals surface area contributed by atoms with Crippen LogP contribution in [-0.4, -0.2) is 11.5 Å². The highest BCUT2D eigenvalue weighted by Crippen LogP contribution is 2.27. The molecule has 0 saturated carbocycles. The largest absolute Gasteiger partial charge is 0.439 e. The molecule has 0 saturated heterocycles. The molecule has 1 aromatic carbocycles. The number of nitrogens with zero attached hydrogens (tertiary/aromatic N) is 1. The highest BCUT2D eigenvalue weighted by molar-refractivity contribution is 6.34. The molecule has 0 fully saturated rings. The third-order valence-electron chi connectivity index (χ3n) is 2.61. The summed E-state index contributed by atoms with van der Waals surface area (Å²) in [7, 11) is 0. The second kappa shape index (κ2) is 7.48. The van der Waals surface area contributed by atoms with Crippen molar-refractivity contribution in [3.63, 3.8) is 0 Å². The van der Waals surface area contributed by atoms with E-state index in [-0.39, 0.29) is 0 Å². The fourth-order valence-corrected chi connectivity index (χ4v) is 2.20. The molecule has 3 nitrogen and oxygen atoms in total. The molecule has 0 spiro atoms. The zero-order chi connectivity index (χ0) is 14.4. The van der Waals surface area contributed by atoms with E-state index in [1.54, 1.807) is 24.4 Å². The lowest BCUT2D eigenvalue weighted by molar-refractivity contribution is 0.462. The lowest BCUT2D eigenvalue weighted by Gasteiger charge is -2.07. The van der Waals surface area contributed by atoms with Crippen molar-refractivity contribution in [1.29, 1.82) is 0 Å². The van der Waals surface area contributed by atoms with Crippen molar-refractivity contribution in [2.24, 2.45) is 0 Å². The topological polar surface area (TPSA) is 34.1 Å². The quantitative estimate of drug-likeness (QED) is 0.787. The molecule has 1 N–H and O–H groups in total. The van der Waals surface area contributed by atoms with Crippen LogP contribution in [0.2, 0.25) is 10.0 Å². The predicted octanol–water partition coefficient (Wildman–Crippen LogP) is 4.68. The van der Waals surface area contributed by atoms with Crippen LogP contribution in [0.1, 0.15) is 18.9 Å². The van der Waals surface area contributed by atoms with E-state index in [4.69, 9.17) is 27.9 Å². The molecule has 0 aliphatic rings. The van der Waals surface area contributed by atoms with Crippen LogP contribution < -0.4 is 10.1 Å². The zero-order valence-electron chi connectivity index (χ0n) is 11.2. The summed E-state index contributed by atoms with van der Waals surface area (Å²) < 4.78 is 5.62. The van der Waals surface area contributed by atoms with Crippen LogP contribution in [-0.2, 0) is 6.54 Å². The van der Waals surface area contributed by atoms with E-state index in [1.165, 1.54) is 0 Å². The minimum absolute atomic E-state index is 0.516. The van der Waals surface area contributed by atoms with Gasteiger partial charge in [0.05, 0.1) is 0 Å². The predicted molar refractivity (Wildman–Crippen MR) is 82.8 cm³/mol. The maximum absolute atomic E-state index is 5.92. The van der Waals surface area contributed by atoms with Gasteiger partial charge in [0.25, 0.3) is 0 Å². The first-order valence-electron chi connectivity index (χ1n) is 6.47. The van der Waals surface area contributed by atoms with E-state index in [0.717, 1.165) is 25.1 Å². The van der Waals surface area contributed by atoms with Gasteiger partial charge in [0.2, 0.25) is 5.88 Å². The number of aromatic nitrogens is 1. The maximum atomic E-state index is 5.92. The summed E-state index contributed by atoms with van der Waals surface area (Å²) in [5, 5.41) is 4.39. The summed E-state index contributed by atoms with van der Waals surface area (Å²) >= 11 is 11.8. The molecule has 0 aliphatic heterocycles. The van der Waals surface area contributed by atoms with Gasteiger partial charge >= 0.3 is 0 Å². The molecule has 5 heteroatoms. The van der Waals surface area contributed by atoms with Crippen LogP contribution in [0.4, 0.5) is 0 Å². The van der Waals surface area contributed by atoms with Crippen molar-refractivity contribution in [3.05, 3.63) is 52.1 Å². The van der Waals surface area contributed by atoms with Gasteiger partial charge in [-0.1, -0.05) is 36.2 Å². The van der Waals surface area contributed by atoms with E-state index >= 15 is 0 Å². The Labute approximate surface area is 128 Å². The molecule has 0 bridgehead atoms. The van der Waals surface area contributed by atoms with Gasteiger partial charge in [-0.2, -0.15) is 0 Å². The van der Waals surface area contributed by atoms with Crippen molar-refractivity contribution in [2.45, 2.75) is 19.9 Å². The fourth-order valence-electron chi connectivity index (χ4n) is 1.69. The summed E-state index contributed by atoms with van der Waals surface area (Å²) in [6.07, 6.45) is 2.91. The van der Waals surface area contributed by atoms with Gasteiger partial charge in [0.15, 0.2) is 0 Å². The molecule has 0 radical (unpaired) electrons. The fraction of sp³-hybridized carbons (Fsp3) is 0.267. The Morgan fingerprint density at radius 2 is 1.90 bits per heavy atom. The van der Waals surface area contributed by atoms with Gasteiger partial charge in [0.1, 0.15) is 5.75 Å². The van der Waals surface area contributed by atoms with E-state index < -0.39 is 0 Å². The highest BCUT2D eigenvalue weighted by Gasteiger charge is 2.02. The number of hydrogen-bond donors (Lipinski definition) is 1.